The normalized spacial score (nSPS) is 12.2. The fourth-order valence-corrected chi connectivity index (χ4v) is 5.28. The molecule has 0 fully saturated rings. The molecular formula is C24H19BrN2O5S2. The molecule has 0 radical (unpaired) electrons. The highest BCUT2D eigenvalue weighted by molar-refractivity contribution is 9.10. The Labute approximate surface area is 206 Å². The van der Waals surface area contributed by atoms with Gasteiger partial charge in [0.25, 0.3) is 10.0 Å². The van der Waals surface area contributed by atoms with Gasteiger partial charge in [0.05, 0.1) is 11.1 Å². The molecule has 1 N–H and O–H groups in total. The van der Waals surface area contributed by atoms with Crippen molar-refractivity contribution < 1.29 is 21.0 Å². The van der Waals surface area contributed by atoms with Gasteiger partial charge in [0.1, 0.15) is 4.90 Å². The number of hydrogen-bond acceptors (Lipinski definition) is 6. The Bertz CT molecular complexity index is 1600. The van der Waals surface area contributed by atoms with Crippen LogP contribution in [0.4, 0.5) is 0 Å². The Morgan fingerprint density at radius 1 is 0.824 bits per heavy atom. The van der Waals surface area contributed by atoms with Crippen molar-refractivity contribution >= 4 is 53.1 Å². The van der Waals surface area contributed by atoms with Gasteiger partial charge in [-0.1, -0.05) is 64.0 Å². The summed E-state index contributed by atoms with van der Waals surface area (Å²) in [6.07, 6.45) is 1.18. The van der Waals surface area contributed by atoms with Crippen molar-refractivity contribution in [2.45, 2.75) is 16.7 Å². The summed E-state index contributed by atoms with van der Waals surface area (Å²) in [6.45, 7) is 1.85. The third-order valence-electron chi connectivity index (χ3n) is 4.89. The van der Waals surface area contributed by atoms with Crippen LogP contribution in [0.15, 0.2) is 104 Å². The lowest BCUT2D eigenvalue weighted by Crippen LogP contribution is -2.18. The largest absolute Gasteiger partial charge is 0.378 e. The van der Waals surface area contributed by atoms with E-state index in [4.69, 9.17) is 4.18 Å². The smallest absolute Gasteiger partial charge is 0.339 e. The van der Waals surface area contributed by atoms with Gasteiger partial charge in [-0.2, -0.15) is 21.9 Å². The Morgan fingerprint density at radius 3 is 2.24 bits per heavy atom. The van der Waals surface area contributed by atoms with E-state index in [0.29, 0.717) is 4.47 Å². The zero-order valence-electron chi connectivity index (χ0n) is 17.8. The zero-order valence-corrected chi connectivity index (χ0v) is 21.1. The van der Waals surface area contributed by atoms with Crippen molar-refractivity contribution in [3.63, 3.8) is 0 Å². The molecule has 10 heteroatoms. The first-order chi connectivity index (χ1) is 16.1. The first-order valence-corrected chi connectivity index (χ1v) is 13.7. The van der Waals surface area contributed by atoms with E-state index in [1.807, 2.05) is 31.2 Å². The molecule has 34 heavy (non-hydrogen) atoms. The molecule has 0 amide bonds. The van der Waals surface area contributed by atoms with Crippen molar-refractivity contribution in [1.82, 2.24) is 4.83 Å². The minimum Gasteiger partial charge on any atom is -0.378 e. The van der Waals surface area contributed by atoms with E-state index in [9.17, 15) is 16.8 Å². The zero-order chi connectivity index (χ0) is 24.3. The number of hydrogen-bond donors (Lipinski definition) is 1. The lowest BCUT2D eigenvalue weighted by molar-refractivity contribution is 0.485. The van der Waals surface area contributed by atoms with Crippen molar-refractivity contribution in [3.8, 4) is 5.75 Å². The highest BCUT2D eigenvalue weighted by atomic mass is 79.9. The monoisotopic (exact) mass is 558 g/mol. The molecule has 7 nitrogen and oxygen atoms in total. The summed E-state index contributed by atoms with van der Waals surface area (Å²) >= 11 is 3.31. The summed E-state index contributed by atoms with van der Waals surface area (Å²) in [5.41, 5.74) is 1.17. The van der Waals surface area contributed by atoms with Gasteiger partial charge >= 0.3 is 10.1 Å². The fraction of sp³-hybridized carbons (Fsp3) is 0.0417. The van der Waals surface area contributed by atoms with Gasteiger partial charge in [-0.25, -0.2) is 4.83 Å². The molecule has 0 aromatic heterocycles. The summed E-state index contributed by atoms with van der Waals surface area (Å²) in [4.78, 5) is 2.21. The Hall–Kier alpha value is -3.21. The number of fused-ring (bicyclic) bond motifs is 1. The second-order valence-corrected chi connectivity index (χ2v) is 11.5. The maximum absolute atomic E-state index is 12.7. The van der Waals surface area contributed by atoms with Gasteiger partial charge in [-0.15, -0.1) is 0 Å². The lowest BCUT2D eigenvalue weighted by Gasteiger charge is -2.10. The molecule has 0 bridgehead atoms. The number of rotatable bonds is 7. The van der Waals surface area contributed by atoms with Gasteiger partial charge in [0, 0.05) is 10.0 Å². The molecule has 4 aromatic rings. The maximum atomic E-state index is 12.7. The van der Waals surface area contributed by atoms with E-state index in [-0.39, 0.29) is 21.1 Å². The van der Waals surface area contributed by atoms with Crippen LogP contribution in [-0.4, -0.2) is 23.1 Å². The van der Waals surface area contributed by atoms with Gasteiger partial charge in [0.15, 0.2) is 5.75 Å². The first kappa shape index (κ1) is 23.9. The number of aryl methyl sites for hydroxylation is 1. The molecule has 174 valence electrons. The molecular weight excluding hydrogens is 540 g/mol. The number of sulfonamides is 1. The number of hydrazone groups is 1. The molecule has 0 unspecified atom stereocenters. The molecule has 4 rings (SSSR count). The summed E-state index contributed by atoms with van der Waals surface area (Å²) in [5.74, 6) is -0.00238. The molecule has 0 saturated carbocycles. The van der Waals surface area contributed by atoms with Crippen LogP contribution in [-0.2, 0) is 20.1 Å². The molecule has 0 heterocycles. The van der Waals surface area contributed by atoms with Crippen molar-refractivity contribution in [1.29, 1.82) is 0 Å². The van der Waals surface area contributed by atoms with E-state index in [1.165, 1.54) is 30.5 Å². The van der Waals surface area contributed by atoms with Crippen LogP contribution in [0.25, 0.3) is 10.8 Å². The highest BCUT2D eigenvalue weighted by Crippen LogP contribution is 2.26. The van der Waals surface area contributed by atoms with Crippen LogP contribution >= 0.6 is 15.9 Å². The van der Waals surface area contributed by atoms with E-state index >= 15 is 0 Å². The number of nitrogens with one attached hydrogen (secondary N) is 1. The molecule has 0 aliphatic carbocycles. The summed E-state index contributed by atoms with van der Waals surface area (Å²) in [7, 11) is -8.04. The molecule has 0 aliphatic heterocycles. The Morgan fingerprint density at radius 2 is 1.50 bits per heavy atom. The lowest BCUT2D eigenvalue weighted by atomic mass is 10.1. The van der Waals surface area contributed by atoms with Crippen LogP contribution < -0.4 is 9.01 Å². The Balaban J connectivity index is 1.58. The third kappa shape index (κ3) is 5.46. The quantitative estimate of drug-likeness (QED) is 0.195. The minimum atomic E-state index is -4.10. The standard InChI is InChI=1S/C24H19BrN2O5S2/c1-17-6-10-22(11-7-17)34(30,31)32-24-13-9-21(25)14-20(24)16-26-27-33(28,29)23-12-8-18-4-2-3-5-19(18)15-23/h2-16,27H,1H3. The van der Waals surface area contributed by atoms with Gasteiger partial charge in [0.2, 0.25) is 0 Å². The predicted molar refractivity (Wildman–Crippen MR) is 135 cm³/mol. The summed E-state index contributed by atoms with van der Waals surface area (Å²) in [6, 6.07) is 23.0. The second kappa shape index (κ2) is 9.57. The molecule has 4 aromatic carbocycles. The maximum Gasteiger partial charge on any atom is 0.339 e. The van der Waals surface area contributed by atoms with E-state index < -0.39 is 20.1 Å². The van der Waals surface area contributed by atoms with Crippen LogP contribution in [0.5, 0.6) is 5.75 Å². The van der Waals surface area contributed by atoms with Gasteiger partial charge in [-0.05, 0) is 60.2 Å². The van der Waals surface area contributed by atoms with E-state index in [1.54, 1.807) is 36.4 Å². The molecule has 0 aliphatic rings. The number of nitrogens with zero attached hydrogens (tertiary/aromatic N) is 1. The average Bonchev–Trinajstić information content (AvgIpc) is 2.80. The van der Waals surface area contributed by atoms with Crippen LogP contribution in [0, 0.1) is 6.92 Å². The molecule has 0 spiro atoms. The van der Waals surface area contributed by atoms with E-state index in [0.717, 1.165) is 16.3 Å². The van der Waals surface area contributed by atoms with Crippen molar-refractivity contribution in [2.24, 2.45) is 5.10 Å². The first-order valence-electron chi connectivity index (χ1n) is 9.98. The van der Waals surface area contributed by atoms with Crippen molar-refractivity contribution in [2.75, 3.05) is 0 Å². The van der Waals surface area contributed by atoms with Gasteiger partial charge in [-0.3, -0.25) is 0 Å². The van der Waals surface area contributed by atoms with Crippen LogP contribution in [0.2, 0.25) is 0 Å². The second-order valence-electron chi connectivity index (χ2n) is 7.39. The Kier molecular flexibility index (Phi) is 6.74. The predicted octanol–water partition coefficient (Wildman–Crippen LogP) is 4.99. The highest BCUT2D eigenvalue weighted by Gasteiger charge is 2.19. The van der Waals surface area contributed by atoms with Crippen LogP contribution in [0.3, 0.4) is 0 Å². The van der Waals surface area contributed by atoms with Crippen LogP contribution in [0.1, 0.15) is 11.1 Å². The van der Waals surface area contributed by atoms with Crippen molar-refractivity contribution in [3.05, 3.63) is 101 Å². The topological polar surface area (TPSA) is 102 Å². The summed E-state index contributed by atoms with van der Waals surface area (Å²) < 4.78 is 56.7. The van der Waals surface area contributed by atoms with E-state index in [2.05, 4.69) is 25.9 Å². The molecule has 0 saturated heterocycles. The van der Waals surface area contributed by atoms with Gasteiger partial charge < -0.3 is 4.18 Å². The SMILES string of the molecule is Cc1ccc(S(=O)(=O)Oc2ccc(Br)cc2C=NNS(=O)(=O)c2ccc3ccccc3c2)cc1. The summed E-state index contributed by atoms with van der Waals surface area (Å²) in [5, 5.41) is 5.52. The molecule has 0 atom stereocenters. The average molecular weight is 559 g/mol. The minimum absolute atomic E-state index is 0.000847. The third-order valence-corrected chi connectivity index (χ3v) is 7.85. The fourth-order valence-electron chi connectivity index (χ4n) is 3.12. The number of benzene rings is 4. The number of halogens is 1.